The van der Waals surface area contributed by atoms with Crippen molar-refractivity contribution in [2.45, 2.75) is 19.4 Å². The highest BCUT2D eigenvalue weighted by molar-refractivity contribution is 5.77. The number of carbonyl (C=O) groups excluding carboxylic acids is 1. The number of benzene rings is 1. The summed E-state index contributed by atoms with van der Waals surface area (Å²) in [5.74, 6) is 0.365. The molecule has 0 saturated carbocycles. The number of ketones is 1. The summed E-state index contributed by atoms with van der Waals surface area (Å²) >= 11 is 0. The molecule has 0 radical (unpaired) electrons. The Bertz CT molecular complexity index is 335. The third-order valence-corrected chi connectivity index (χ3v) is 2.21. The van der Waals surface area contributed by atoms with Gasteiger partial charge in [-0.15, -0.1) is 0 Å². The monoisotopic (exact) mass is 222 g/mol. The molecule has 0 saturated heterocycles. The fraction of sp³-hybridized carbons (Fsp3) is 0.417. The van der Waals surface area contributed by atoms with Crippen LogP contribution < -0.4 is 11.1 Å². The van der Waals surface area contributed by atoms with Crippen LogP contribution in [-0.4, -0.2) is 30.0 Å². The van der Waals surface area contributed by atoms with Crippen molar-refractivity contribution in [2.75, 3.05) is 13.1 Å². The molecule has 1 rings (SSSR count). The lowest BCUT2D eigenvalue weighted by Gasteiger charge is -2.12. The minimum Gasteiger partial charge on any atom is -0.508 e. The summed E-state index contributed by atoms with van der Waals surface area (Å²) in [5.41, 5.74) is 6.97. The van der Waals surface area contributed by atoms with Gasteiger partial charge in [-0.25, -0.2) is 0 Å². The van der Waals surface area contributed by atoms with Crippen molar-refractivity contribution in [1.82, 2.24) is 5.32 Å². The number of phenolic OH excluding ortho intramolecular Hbond substituents is 1. The number of nitrogens with two attached hydrogens (primary N) is 1. The van der Waals surface area contributed by atoms with E-state index < -0.39 is 0 Å². The van der Waals surface area contributed by atoms with Crippen LogP contribution >= 0.6 is 0 Å². The molecule has 0 fully saturated rings. The van der Waals surface area contributed by atoms with Crippen LogP contribution in [0.15, 0.2) is 24.3 Å². The Hall–Kier alpha value is -1.39. The van der Waals surface area contributed by atoms with Crippen LogP contribution in [0.25, 0.3) is 0 Å². The predicted molar refractivity (Wildman–Crippen MR) is 63.3 cm³/mol. The smallest absolute Gasteiger partial charge is 0.143 e. The van der Waals surface area contributed by atoms with Crippen molar-refractivity contribution in [3.8, 4) is 5.75 Å². The molecule has 0 aliphatic carbocycles. The number of hydrogen-bond acceptors (Lipinski definition) is 4. The minimum absolute atomic E-state index is 0.0242. The van der Waals surface area contributed by atoms with E-state index in [4.69, 9.17) is 10.8 Å². The molecule has 4 N–H and O–H groups in total. The average Bonchev–Trinajstić information content (AvgIpc) is 2.21. The molecule has 1 aromatic carbocycles. The van der Waals surface area contributed by atoms with Crippen molar-refractivity contribution in [2.24, 2.45) is 5.73 Å². The number of rotatable bonds is 6. The van der Waals surface area contributed by atoms with Gasteiger partial charge >= 0.3 is 0 Å². The first kappa shape index (κ1) is 12.7. The van der Waals surface area contributed by atoms with Gasteiger partial charge in [0, 0.05) is 12.6 Å². The SMILES string of the molecule is CC(=O)CNC[C@@H](N)Cc1ccc(O)cc1. The Morgan fingerprint density at radius 1 is 1.44 bits per heavy atom. The first-order chi connectivity index (χ1) is 7.58. The van der Waals surface area contributed by atoms with E-state index in [0.717, 1.165) is 12.0 Å². The van der Waals surface area contributed by atoms with E-state index in [0.29, 0.717) is 13.1 Å². The first-order valence-electron chi connectivity index (χ1n) is 5.31. The summed E-state index contributed by atoms with van der Waals surface area (Å²) in [7, 11) is 0. The Labute approximate surface area is 95.5 Å². The lowest BCUT2D eigenvalue weighted by molar-refractivity contribution is -0.116. The molecule has 4 heteroatoms. The van der Waals surface area contributed by atoms with Gasteiger partial charge < -0.3 is 16.2 Å². The van der Waals surface area contributed by atoms with Gasteiger partial charge in [0.15, 0.2) is 0 Å². The van der Waals surface area contributed by atoms with Gasteiger partial charge in [-0.05, 0) is 31.0 Å². The van der Waals surface area contributed by atoms with Crippen molar-refractivity contribution < 1.29 is 9.90 Å². The normalized spacial score (nSPS) is 12.4. The molecule has 0 aromatic heterocycles. The molecule has 0 heterocycles. The maximum atomic E-state index is 10.7. The number of carbonyl (C=O) groups is 1. The van der Waals surface area contributed by atoms with Gasteiger partial charge in [-0.3, -0.25) is 4.79 Å². The van der Waals surface area contributed by atoms with E-state index in [9.17, 15) is 4.79 Å². The number of hydrogen-bond donors (Lipinski definition) is 3. The third kappa shape index (κ3) is 4.91. The molecule has 4 nitrogen and oxygen atoms in total. The van der Waals surface area contributed by atoms with Crippen molar-refractivity contribution >= 4 is 5.78 Å². The van der Waals surface area contributed by atoms with Crippen LogP contribution in [0, 0.1) is 0 Å². The topological polar surface area (TPSA) is 75.4 Å². The molecule has 1 atom stereocenters. The maximum Gasteiger partial charge on any atom is 0.143 e. The van der Waals surface area contributed by atoms with E-state index >= 15 is 0 Å². The van der Waals surface area contributed by atoms with E-state index in [1.54, 1.807) is 19.1 Å². The Balaban J connectivity index is 2.31. The van der Waals surface area contributed by atoms with Gasteiger partial charge in [0.1, 0.15) is 11.5 Å². The summed E-state index contributed by atoms with van der Waals surface area (Å²) in [6, 6.07) is 6.96. The molecule has 88 valence electrons. The molecule has 0 bridgehead atoms. The number of nitrogens with one attached hydrogen (secondary N) is 1. The summed E-state index contributed by atoms with van der Waals surface area (Å²) < 4.78 is 0. The zero-order chi connectivity index (χ0) is 12.0. The number of phenols is 1. The highest BCUT2D eigenvalue weighted by Crippen LogP contribution is 2.10. The summed E-state index contributed by atoms with van der Waals surface area (Å²) in [4.78, 5) is 10.7. The lowest BCUT2D eigenvalue weighted by atomic mass is 10.1. The lowest BCUT2D eigenvalue weighted by Crippen LogP contribution is -2.37. The quantitative estimate of drug-likeness (QED) is 0.653. The van der Waals surface area contributed by atoms with E-state index in [-0.39, 0.29) is 17.6 Å². The van der Waals surface area contributed by atoms with Crippen molar-refractivity contribution in [3.63, 3.8) is 0 Å². The fourth-order valence-electron chi connectivity index (χ4n) is 1.44. The van der Waals surface area contributed by atoms with E-state index in [1.165, 1.54) is 0 Å². The second kappa shape index (κ2) is 6.25. The van der Waals surface area contributed by atoms with Gasteiger partial charge in [0.2, 0.25) is 0 Å². The second-order valence-corrected chi connectivity index (χ2v) is 3.96. The zero-order valence-corrected chi connectivity index (χ0v) is 9.44. The maximum absolute atomic E-state index is 10.7. The Morgan fingerprint density at radius 3 is 2.62 bits per heavy atom. The van der Waals surface area contributed by atoms with Crippen LogP contribution in [0.1, 0.15) is 12.5 Å². The van der Waals surface area contributed by atoms with Gasteiger partial charge in [-0.1, -0.05) is 12.1 Å². The molecule has 16 heavy (non-hydrogen) atoms. The van der Waals surface area contributed by atoms with Gasteiger partial charge in [0.25, 0.3) is 0 Å². The molecular formula is C12H18N2O2. The highest BCUT2D eigenvalue weighted by atomic mass is 16.3. The minimum atomic E-state index is -0.0242. The van der Waals surface area contributed by atoms with Crippen LogP contribution in [0.5, 0.6) is 5.75 Å². The van der Waals surface area contributed by atoms with E-state index in [2.05, 4.69) is 5.32 Å². The van der Waals surface area contributed by atoms with Crippen LogP contribution in [0.2, 0.25) is 0 Å². The highest BCUT2D eigenvalue weighted by Gasteiger charge is 2.04. The Kier molecular flexibility index (Phi) is 4.95. The van der Waals surface area contributed by atoms with Crippen molar-refractivity contribution in [3.05, 3.63) is 29.8 Å². The van der Waals surface area contributed by atoms with E-state index in [1.807, 2.05) is 12.1 Å². The van der Waals surface area contributed by atoms with Crippen molar-refractivity contribution in [1.29, 1.82) is 0 Å². The van der Waals surface area contributed by atoms with Crippen LogP contribution in [0.4, 0.5) is 0 Å². The van der Waals surface area contributed by atoms with Gasteiger partial charge in [-0.2, -0.15) is 0 Å². The molecule has 1 aromatic rings. The number of aromatic hydroxyl groups is 1. The zero-order valence-electron chi connectivity index (χ0n) is 9.44. The molecular weight excluding hydrogens is 204 g/mol. The van der Waals surface area contributed by atoms with Crippen LogP contribution in [-0.2, 0) is 11.2 Å². The fourth-order valence-corrected chi connectivity index (χ4v) is 1.44. The molecule has 0 aliphatic rings. The largest absolute Gasteiger partial charge is 0.508 e. The molecule has 0 aliphatic heterocycles. The standard InChI is InChI=1S/C12H18N2O2/c1-9(15)7-14-8-11(13)6-10-2-4-12(16)5-3-10/h2-5,11,14,16H,6-8,13H2,1H3/t11-/m0/s1. The average molecular weight is 222 g/mol. The number of Topliss-reactive ketones (excluding diaryl/α,β-unsaturated/α-hetero) is 1. The van der Waals surface area contributed by atoms with Crippen LogP contribution in [0.3, 0.4) is 0 Å². The summed E-state index contributed by atoms with van der Waals surface area (Å²) in [6.45, 7) is 2.52. The summed E-state index contributed by atoms with van der Waals surface area (Å²) in [6.07, 6.45) is 0.727. The molecule has 0 amide bonds. The molecule has 0 unspecified atom stereocenters. The third-order valence-electron chi connectivity index (χ3n) is 2.21. The second-order valence-electron chi connectivity index (χ2n) is 3.96. The molecule has 0 spiro atoms. The Morgan fingerprint density at radius 2 is 2.06 bits per heavy atom. The van der Waals surface area contributed by atoms with Gasteiger partial charge in [0.05, 0.1) is 6.54 Å². The first-order valence-corrected chi connectivity index (χ1v) is 5.31. The summed E-state index contributed by atoms with van der Waals surface area (Å²) in [5, 5.41) is 12.1. The predicted octanol–water partition coefficient (Wildman–Crippen LogP) is 0.441.